The maximum Gasteiger partial charge on any atom is 0.322 e. The number of methoxy groups -OCH3 is 1. The van der Waals surface area contributed by atoms with Crippen LogP contribution in [0.1, 0.15) is 21.5 Å². The molecule has 2 aliphatic heterocycles. The molecule has 1 fully saturated rings. The van der Waals surface area contributed by atoms with E-state index in [0.29, 0.717) is 29.0 Å². The maximum atomic E-state index is 13.2. The van der Waals surface area contributed by atoms with E-state index >= 15 is 0 Å². The predicted octanol–water partition coefficient (Wildman–Crippen LogP) is 3.19. The molecular weight excluding hydrogens is 448 g/mol. The van der Waals surface area contributed by atoms with Crippen molar-refractivity contribution in [3.05, 3.63) is 83.7 Å². The molecule has 1 atom stereocenters. The Morgan fingerprint density at radius 2 is 1.83 bits per heavy atom. The van der Waals surface area contributed by atoms with Crippen LogP contribution in [-0.4, -0.2) is 41.4 Å². The van der Waals surface area contributed by atoms with Gasteiger partial charge in [-0.2, -0.15) is 0 Å². The molecule has 0 saturated carbocycles. The van der Waals surface area contributed by atoms with Gasteiger partial charge in [0.1, 0.15) is 11.3 Å². The standard InChI is InChI=1S/C26H20N4O5/c1-34-19-8-4-17-12-30(23(31)20(17)11-19)13-26(24(32)28-25(33)29-26)18-6-2-15(3-7-18)16-5-9-21-22(10-16)35-14-27-21/h2-11,14H,12-13H2,1H3,(H2,28,29,32,33)/t26-/m0/s1. The van der Waals surface area contributed by atoms with Crippen molar-refractivity contribution in [2.75, 3.05) is 13.7 Å². The van der Waals surface area contributed by atoms with Crippen molar-refractivity contribution in [1.29, 1.82) is 0 Å². The Bertz CT molecular complexity index is 1510. The van der Waals surface area contributed by atoms with Gasteiger partial charge in [-0.15, -0.1) is 0 Å². The molecule has 1 aromatic heterocycles. The first-order chi connectivity index (χ1) is 17.0. The number of nitrogens with one attached hydrogen (secondary N) is 2. The van der Waals surface area contributed by atoms with E-state index < -0.39 is 17.5 Å². The molecule has 2 N–H and O–H groups in total. The highest BCUT2D eigenvalue weighted by molar-refractivity contribution is 6.08. The topological polar surface area (TPSA) is 114 Å². The lowest BCUT2D eigenvalue weighted by Gasteiger charge is -2.31. The van der Waals surface area contributed by atoms with E-state index in [9.17, 15) is 14.4 Å². The fraction of sp³-hybridized carbons (Fsp3) is 0.154. The summed E-state index contributed by atoms with van der Waals surface area (Å²) in [6.45, 7) is 0.322. The molecule has 0 bridgehead atoms. The third kappa shape index (κ3) is 3.31. The van der Waals surface area contributed by atoms with Gasteiger partial charge < -0.3 is 19.4 Å². The van der Waals surface area contributed by atoms with Crippen LogP contribution in [0.2, 0.25) is 0 Å². The number of nitrogens with zero attached hydrogens (tertiary/aromatic N) is 2. The summed E-state index contributed by atoms with van der Waals surface area (Å²) in [5.74, 6) is -0.136. The molecule has 3 heterocycles. The lowest BCUT2D eigenvalue weighted by atomic mass is 9.88. The third-order valence-electron chi connectivity index (χ3n) is 6.61. The van der Waals surface area contributed by atoms with Gasteiger partial charge in [0.15, 0.2) is 17.5 Å². The molecule has 174 valence electrons. The van der Waals surface area contributed by atoms with Crippen molar-refractivity contribution in [2.45, 2.75) is 12.1 Å². The lowest BCUT2D eigenvalue weighted by molar-refractivity contribution is -0.124. The summed E-state index contributed by atoms with van der Waals surface area (Å²) in [6, 6.07) is 17.8. The van der Waals surface area contributed by atoms with E-state index in [-0.39, 0.29) is 12.5 Å². The van der Waals surface area contributed by atoms with Gasteiger partial charge in [-0.3, -0.25) is 14.9 Å². The summed E-state index contributed by atoms with van der Waals surface area (Å²) in [5.41, 5.74) is 3.81. The van der Waals surface area contributed by atoms with Crippen molar-refractivity contribution in [1.82, 2.24) is 20.5 Å². The first-order valence-electron chi connectivity index (χ1n) is 11.0. The lowest BCUT2D eigenvalue weighted by Crippen LogP contribution is -2.52. The Labute approximate surface area is 199 Å². The van der Waals surface area contributed by atoms with Gasteiger partial charge in [0.05, 0.1) is 13.7 Å². The molecule has 6 rings (SSSR count). The van der Waals surface area contributed by atoms with Crippen LogP contribution >= 0.6 is 0 Å². The highest BCUT2D eigenvalue weighted by Crippen LogP contribution is 2.33. The van der Waals surface area contributed by atoms with Gasteiger partial charge >= 0.3 is 6.03 Å². The minimum Gasteiger partial charge on any atom is -0.497 e. The molecule has 3 aromatic carbocycles. The zero-order chi connectivity index (χ0) is 24.2. The number of oxazole rings is 1. The van der Waals surface area contributed by atoms with Crippen LogP contribution in [-0.2, 0) is 16.9 Å². The number of hydrogen-bond acceptors (Lipinski definition) is 6. The predicted molar refractivity (Wildman–Crippen MR) is 126 cm³/mol. The Balaban J connectivity index is 1.33. The molecular formula is C26H20N4O5. The molecule has 0 aliphatic carbocycles. The Kier molecular flexibility index (Phi) is 4.60. The fourth-order valence-corrected chi connectivity index (χ4v) is 4.76. The first-order valence-corrected chi connectivity index (χ1v) is 11.0. The minimum absolute atomic E-state index is 0.0101. The van der Waals surface area contributed by atoms with Crippen molar-refractivity contribution in [2.24, 2.45) is 0 Å². The normalized spacial score (nSPS) is 19.1. The van der Waals surface area contributed by atoms with E-state index in [1.54, 1.807) is 36.3 Å². The minimum atomic E-state index is -1.41. The molecule has 35 heavy (non-hydrogen) atoms. The Morgan fingerprint density at radius 3 is 2.57 bits per heavy atom. The third-order valence-corrected chi connectivity index (χ3v) is 6.61. The van der Waals surface area contributed by atoms with Gasteiger partial charge in [0, 0.05) is 12.1 Å². The first kappa shape index (κ1) is 20.9. The molecule has 9 nitrogen and oxygen atoms in total. The molecule has 4 amide bonds. The van der Waals surface area contributed by atoms with Crippen LogP contribution in [0.15, 0.2) is 71.5 Å². The van der Waals surface area contributed by atoms with Crippen LogP contribution in [0, 0.1) is 0 Å². The van der Waals surface area contributed by atoms with E-state index in [1.807, 2.05) is 36.4 Å². The Morgan fingerprint density at radius 1 is 1.03 bits per heavy atom. The monoisotopic (exact) mass is 468 g/mol. The number of hydrogen-bond donors (Lipinski definition) is 2. The summed E-state index contributed by atoms with van der Waals surface area (Å²) in [5, 5.41) is 5.10. The molecule has 0 radical (unpaired) electrons. The number of imide groups is 1. The smallest absolute Gasteiger partial charge is 0.322 e. The summed E-state index contributed by atoms with van der Waals surface area (Å²) in [7, 11) is 1.54. The van der Waals surface area contributed by atoms with Gasteiger partial charge in [0.2, 0.25) is 0 Å². The summed E-state index contributed by atoms with van der Waals surface area (Å²) in [4.78, 5) is 44.1. The molecule has 2 aliphatic rings. The average molecular weight is 468 g/mol. The van der Waals surface area contributed by atoms with Gasteiger partial charge in [-0.05, 0) is 46.5 Å². The van der Waals surface area contributed by atoms with Crippen LogP contribution < -0.4 is 15.4 Å². The highest BCUT2D eigenvalue weighted by atomic mass is 16.5. The SMILES string of the molecule is COc1ccc2c(c1)C(=O)N(C[C@@]1(c3ccc(-c4ccc5ncoc5c4)cc3)NC(=O)NC1=O)C2. The summed E-state index contributed by atoms with van der Waals surface area (Å²) < 4.78 is 10.6. The van der Waals surface area contributed by atoms with Crippen molar-refractivity contribution in [3.8, 4) is 16.9 Å². The number of carbonyl (C=O) groups is 3. The Hall–Kier alpha value is -4.66. The van der Waals surface area contributed by atoms with Crippen molar-refractivity contribution in [3.63, 3.8) is 0 Å². The number of amides is 4. The zero-order valence-corrected chi connectivity index (χ0v) is 18.7. The van der Waals surface area contributed by atoms with Crippen LogP contribution in [0.4, 0.5) is 4.79 Å². The van der Waals surface area contributed by atoms with Crippen molar-refractivity contribution < 1.29 is 23.5 Å². The van der Waals surface area contributed by atoms with E-state index in [1.165, 1.54) is 6.39 Å². The quantitative estimate of drug-likeness (QED) is 0.435. The number of rotatable bonds is 5. The highest BCUT2D eigenvalue weighted by Gasteiger charge is 2.50. The van der Waals surface area contributed by atoms with Gasteiger partial charge in [-0.1, -0.05) is 36.4 Å². The van der Waals surface area contributed by atoms with E-state index in [2.05, 4.69) is 15.6 Å². The van der Waals surface area contributed by atoms with Crippen LogP contribution in [0.3, 0.4) is 0 Å². The molecule has 1 saturated heterocycles. The number of ether oxygens (including phenoxy) is 1. The number of aromatic nitrogens is 1. The summed E-state index contributed by atoms with van der Waals surface area (Å²) >= 11 is 0. The molecule has 4 aromatic rings. The zero-order valence-electron chi connectivity index (χ0n) is 18.7. The molecule has 0 spiro atoms. The second-order valence-corrected chi connectivity index (χ2v) is 8.61. The molecule has 9 heteroatoms. The van der Waals surface area contributed by atoms with Gasteiger partial charge in [0.25, 0.3) is 11.8 Å². The largest absolute Gasteiger partial charge is 0.497 e. The van der Waals surface area contributed by atoms with E-state index in [0.717, 1.165) is 22.2 Å². The summed E-state index contributed by atoms with van der Waals surface area (Å²) in [6.07, 6.45) is 1.40. The van der Waals surface area contributed by atoms with Crippen LogP contribution in [0.25, 0.3) is 22.2 Å². The second-order valence-electron chi connectivity index (χ2n) is 8.61. The number of fused-ring (bicyclic) bond motifs is 2. The van der Waals surface area contributed by atoms with E-state index in [4.69, 9.17) is 9.15 Å². The van der Waals surface area contributed by atoms with Crippen LogP contribution in [0.5, 0.6) is 5.75 Å². The number of carbonyl (C=O) groups excluding carboxylic acids is 3. The second kappa shape index (κ2) is 7.69. The number of urea groups is 1. The fourth-order valence-electron chi connectivity index (χ4n) is 4.76. The average Bonchev–Trinajstić information content (AvgIpc) is 3.55. The van der Waals surface area contributed by atoms with Crippen molar-refractivity contribution >= 4 is 28.9 Å². The van der Waals surface area contributed by atoms with Gasteiger partial charge in [-0.25, -0.2) is 9.78 Å². The molecule has 0 unspecified atom stereocenters. The number of benzene rings is 3. The maximum absolute atomic E-state index is 13.2.